The Bertz CT molecular complexity index is 844. The van der Waals surface area contributed by atoms with E-state index >= 15 is 0 Å². The van der Waals surface area contributed by atoms with Gasteiger partial charge in [-0.1, -0.05) is 0 Å². The molecule has 0 spiro atoms. The van der Waals surface area contributed by atoms with Crippen molar-refractivity contribution in [2.75, 3.05) is 33.7 Å². The van der Waals surface area contributed by atoms with Gasteiger partial charge < -0.3 is 14.4 Å². The van der Waals surface area contributed by atoms with Crippen LogP contribution >= 0.6 is 0 Å². The van der Waals surface area contributed by atoms with Crippen LogP contribution < -0.4 is 0 Å². The third-order valence-electron chi connectivity index (χ3n) is 6.24. The molecule has 0 radical (unpaired) electrons. The Hall–Kier alpha value is -2.21. The van der Waals surface area contributed by atoms with Gasteiger partial charge in [0.25, 0.3) is 5.91 Å². The highest BCUT2D eigenvalue weighted by Gasteiger charge is 2.28. The molecule has 0 N–H and O–H groups in total. The zero-order chi connectivity index (χ0) is 20.2. The summed E-state index contributed by atoms with van der Waals surface area (Å²) in [5.41, 5.74) is 3.21. The molecule has 1 saturated heterocycles. The first-order valence-corrected chi connectivity index (χ1v) is 11.0. The van der Waals surface area contributed by atoms with E-state index < -0.39 is 0 Å². The van der Waals surface area contributed by atoms with Gasteiger partial charge in [0.15, 0.2) is 0 Å². The van der Waals surface area contributed by atoms with E-state index in [0.717, 1.165) is 69.7 Å². The van der Waals surface area contributed by atoms with E-state index in [0.29, 0.717) is 5.92 Å². The van der Waals surface area contributed by atoms with Crippen LogP contribution in [-0.4, -0.2) is 64.0 Å². The fourth-order valence-electron chi connectivity index (χ4n) is 4.69. The van der Waals surface area contributed by atoms with Crippen molar-refractivity contribution in [3.8, 4) is 0 Å². The molecular formula is C23H33N5O. The second-order valence-electron chi connectivity index (χ2n) is 8.76. The molecule has 1 fully saturated rings. The van der Waals surface area contributed by atoms with E-state index in [1.54, 1.807) is 6.20 Å². The minimum Gasteiger partial charge on any atom is -0.338 e. The van der Waals surface area contributed by atoms with Crippen LogP contribution in [0.5, 0.6) is 0 Å². The van der Waals surface area contributed by atoms with Gasteiger partial charge in [0.1, 0.15) is 5.82 Å². The number of rotatable bonds is 6. The van der Waals surface area contributed by atoms with Crippen molar-refractivity contribution in [2.45, 2.75) is 57.4 Å². The van der Waals surface area contributed by atoms with Crippen LogP contribution in [0.2, 0.25) is 0 Å². The summed E-state index contributed by atoms with van der Waals surface area (Å²) >= 11 is 0. The van der Waals surface area contributed by atoms with E-state index in [-0.39, 0.29) is 5.91 Å². The molecule has 0 saturated carbocycles. The number of amides is 1. The molecule has 0 unspecified atom stereocenters. The molecule has 2 aromatic heterocycles. The lowest BCUT2D eigenvalue weighted by Gasteiger charge is -2.33. The Morgan fingerprint density at radius 2 is 2.07 bits per heavy atom. The zero-order valence-corrected chi connectivity index (χ0v) is 17.8. The van der Waals surface area contributed by atoms with Gasteiger partial charge in [-0.2, -0.15) is 0 Å². The smallest absolute Gasteiger partial charge is 0.255 e. The normalized spacial score (nSPS) is 19.4. The van der Waals surface area contributed by atoms with Gasteiger partial charge in [0.05, 0.1) is 5.56 Å². The number of pyridine rings is 1. The largest absolute Gasteiger partial charge is 0.338 e. The summed E-state index contributed by atoms with van der Waals surface area (Å²) in [6.45, 7) is 3.62. The molecule has 6 heteroatoms. The van der Waals surface area contributed by atoms with Crippen LogP contribution in [-0.2, 0) is 19.4 Å². The van der Waals surface area contributed by atoms with Crippen LogP contribution in [0, 0.1) is 0 Å². The Morgan fingerprint density at radius 3 is 2.93 bits per heavy atom. The average Bonchev–Trinajstić information content (AvgIpc) is 3.21. The van der Waals surface area contributed by atoms with Crippen LogP contribution in [0.15, 0.2) is 24.7 Å². The van der Waals surface area contributed by atoms with E-state index in [1.165, 1.54) is 24.1 Å². The van der Waals surface area contributed by atoms with Crippen molar-refractivity contribution >= 4 is 5.91 Å². The van der Waals surface area contributed by atoms with Gasteiger partial charge in [-0.25, -0.2) is 4.98 Å². The summed E-state index contributed by atoms with van der Waals surface area (Å²) in [6.07, 6.45) is 13.5. The van der Waals surface area contributed by atoms with Crippen molar-refractivity contribution in [1.29, 1.82) is 0 Å². The first-order chi connectivity index (χ1) is 14.1. The first kappa shape index (κ1) is 20.1. The topological polar surface area (TPSA) is 54.3 Å². The molecule has 2 aromatic rings. The molecule has 1 aliphatic heterocycles. The Kier molecular flexibility index (Phi) is 6.28. The number of hydrogen-bond acceptors (Lipinski definition) is 4. The lowest BCUT2D eigenvalue weighted by atomic mass is 9.94. The van der Waals surface area contributed by atoms with Gasteiger partial charge in [-0.05, 0) is 77.2 Å². The predicted molar refractivity (Wildman–Crippen MR) is 114 cm³/mol. The Balaban J connectivity index is 1.43. The molecule has 6 nitrogen and oxygen atoms in total. The number of carbonyl (C=O) groups is 1. The van der Waals surface area contributed by atoms with Gasteiger partial charge in [-0.3, -0.25) is 9.78 Å². The first-order valence-electron chi connectivity index (χ1n) is 11.0. The van der Waals surface area contributed by atoms with Gasteiger partial charge in [0.2, 0.25) is 0 Å². The van der Waals surface area contributed by atoms with Gasteiger partial charge in [-0.15, -0.1) is 0 Å². The van der Waals surface area contributed by atoms with Crippen LogP contribution in [0.4, 0.5) is 0 Å². The number of aryl methyl sites for hydroxylation is 3. The van der Waals surface area contributed by atoms with Crippen LogP contribution in [0.25, 0.3) is 0 Å². The lowest BCUT2D eigenvalue weighted by molar-refractivity contribution is 0.0702. The number of aromatic nitrogens is 3. The Labute approximate surface area is 173 Å². The quantitative estimate of drug-likeness (QED) is 0.754. The summed E-state index contributed by atoms with van der Waals surface area (Å²) in [5, 5.41) is 0. The van der Waals surface area contributed by atoms with E-state index in [9.17, 15) is 4.79 Å². The minimum absolute atomic E-state index is 0.126. The highest BCUT2D eigenvalue weighted by atomic mass is 16.2. The van der Waals surface area contributed by atoms with E-state index in [2.05, 4.69) is 45.8 Å². The molecule has 1 atom stereocenters. The lowest BCUT2D eigenvalue weighted by Crippen LogP contribution is -2.40. The second kappa shape index (κ2) is 9.08. The number of carbonyl (C=O) groups excluding carboxylic acids is 1. The van der Waals surface area contributed by atoms with Crippen molar-refractivity contribution < 1.29 is 4.79 Å². The number of nitrogens with zero attached hydrogens (tertiary/aromatic N) is 5. The number of likely N-dealkylation sites (tertiary alicyclic amines) is 1. The number of fused-ring (bicyclic) bond motifs is 1. The van der Waals surface area contributed by atoms with Crippen molar-refractivity contribution in [3.63, 3.8) is 0 Å². The molecule has 2 aliphatic rings. The zero-order valence-electron chi connectivity index (χ0n) is 17.8. The monoisotopic (exact) mass is 395 g/mol. The maximum atomic E-state index is 13.2. The molecule has 1 amide bonds. The third kappa shape index (κ3) is 4.69. The highest BCUT2D eigenvalue weighted by Crippen LogP contribution is 2.28. The van der Waals surface area contributed by atoms with Crippen molar-refractivity contribution in [1.82, 2.24) is 24.3 Å². The summed E-state index contributed by atoms with van der Waals surface area (Å²) in [4.78, 5) is 26.7. The molecule has 156 valence electrons. The van der Waals surface area contributed by atoms with Gasteiger partial charge in [0, 0.05) is 49.8 Å². The maximum absolute atomic E-state index is 13.2. The van der Waals surface area contributed by atoms with E-state index in [1.807, 2.05) is 11.1 Å². The fraction of sp³-hybridized carbons (Fsp3) is 0.609. The molecular weight excluding hydrogens is 362 g/mol. The number of imidazole rings is 1. The molecule has 4 rings (SSSR count). The minimum atomic E-state index is 0.126. The van der Waals surface area contributed by atoms with Crippen LogP contribution in [0.3, 0.4) is 0 Å². The average molecular weight is 396 g/mol. The number of hydrogen-bond donors (Lipinski definition) is 0. The van der Waals surface area contributed by atoms with Gasteiger partial charge >= 0.3 is 0 Å². The molecule has 1 aliphatic carbocycles. The molecule has 0 bridgehead atoms. The molecule has 0 aromatic carbocycles. The standard InChI is InChI=1S/C23H33N5O/c1-26(2)11-6-13-27-14-10-24-22(27)19-8-5-12-28(17-19)23(29)20-15-18-7-3-4-9-21(18)25-16-20/h10,14-16,19H,3-9,11-13,17H2,1-2H3/t19-/m1/s1. The summed E-state index contributed by atoms with van der Waals surface area (Å²) < 4.78 is 2.28. The summed E-state index contributed by atoms with van der Waals surface area (Å²) in [5.74, 6) is 1.57. The second-order valence-corrected chi connectivity index (χ2v) is 8.76. The summed E-state index contributed by atoms with van der Waals surface area (Å²) in [7, 11) is 4.21. The third-order valence-corrected chi connectivity index (χ3v) is 6.24. The highest BCUT2D eigenvalue weighted by molar-refractivity contribution is 5.94. The Morgan fingerprint density at radius 1 is 1.21 bits per heavy atom. The van der Waals surface area contributed by atoms with Crippen molar-refractivity contribution in [3.05, 3.63) is 47.3 Å². The summed E-state index contributed by atoms with van der Waals surface area (Å²) in [6, 6.07) is 2.09. The number of piperidine rings is 1. The van der Waals surface area contributed by atoms with Crippen LogP contribution in [0.1, 0.15) is 65.5 Å². The predicted octanol–water partition coefficient (Wildman–Crippen LogP) is 3.13. The van der Waals surface area contributed by atoms with Crippen molar-refractivity contribution in [2.24, 2.45) is 0 Å². The molecule has 3 heterocycles. The van der Waals surface area contributed by atoms with E-state index in [4.69, 9.17) is 0 Å². The SMILES string of the molecule is CN(C)CCCn1ccnc1[C@@H]1CCCN(C(=O)c2cnc3c(c2)CCCC3)C1. The molecule has 29 heavy (non-hydrogen) atoms. The fourth-order valence-corrected chi connectivity index (χ4v) is 4.69. The maximum Gasteiger partial charge on any atom is 0.255 e.